The second kappa shape index (κ2) is 13.1. The molecule has 10 nitrogen and oxygen atoms in total. The van der Waals surface area contributed by atoms with E-state index in [0.29, 0.717) is 22.4 Å². The summed E-state index contributed by atoms with van der Waals surface area (Å²) in [7, 11) is -2.62. The van der Waals surface area contributed by atoms with Gasteiger partial charge >= 0.3 is 6.18 Å². The SMILES string of the molecule is COc1ccccc1C(=O)NCc1ccc(S(=O)(=O)NNC(=O)CCCNc2ncc(C(F)(F)F)cc2Cl)s1. The summed E-state index contributed by atoms with van der Waals surface area (Å²) >= 11 is 6.72. The zero-order chi connectivity index (χ0) is 28.6. The Morgan fingerprint density at radius 2 is 1.90 bits per heavy atom. The van der Waals surface area contributed by atoms with Crippen molar-refractivity contribution in [3.05, 3.63) is 69.7 Å². The number of halogens is 4. The van der Waals surface area contributed by atoms with E-state index in [1.165, 1.54) is 19.2 Å². The van der Waals surface area contributed by atoms with Crippen molar-refractivity contribution in [1.29, 1.82) is 0 Å². The van der Waals surface area contributed by atoms with Gasteiger partial charge in [-0.15, -0.1) is 16.2 Å². The van der Waals surface area contributed by atoms with E-state index in [1.807, 2.05) is 4.83 Å². The lowest BCUT2D eigenvalue weighted by molar-refractivity contribution is -0.137. The number of carbonyl (C=O) groups excluding carboxylic acids is 2. The lowest BCUT2D eigenvalue weighted by Crippen LogP contribution is -2.41. The number of hydrazine groups is 1. The Morgan fingerprint density at radius 3 is 2.59 bits per heavy atom. The molecule has 0 bridgehead atoms. The molecule has 3 rings (SSSR count). The third-order valence-corrected chi connectivity index (χ3v) is 8.16. The minimum atomic E-state index is -4.57. The van der Waals surface area contributed by atoms with E-state index in [1.54, 1.807) is 24.3 Å². The number of nitrogens with one attached hydrogen (secondary N) is 4. The van der Waals surface area contributed by atoms with Crippen LogP contribution in [0.1, 0.15) is 33.6 Å². The van der Waals surface area contributed by atoms with Crippen LogP contribution in [0.2, 0.25) is 5.02 Å². The number of carbonyl (C=O) groups is 2. The van der Waals surface area contributed by atoms with Gasteiger partial charge in [0.15, 0.2) is 0 Å². The summed E-state index contributed by atoms with van der Waals surface area (Å²) in [5.41, 5.74) is 1.45. The lowest BCUT2D eigenvalue weighted by Gasteiger charge is -2.11. The van der Waals surface area contributed by atoms with Gasteiger partial charge in [0, 0.05) is 24.0 Å². The highest BCUT2D eigenvalue weighted by atomic mass is 35.5. The van der Waals surface area contributed by atoms with Crippen LogP contribution < -0.4 is 25.6 Å². The molecule has 210 valence electrons. The fourth-order valence-electron chi connectivity index (χ4n) is 3.11. The van der Waals surface area contributed by atoms with Gasteiger partial charge in [-0.1, -0.05) is 23.7 Å². The van der Waals surface area contributed by atoms with Gasteiger partial charge < -0.3 is 15.4 Å². The molecule has 0 saturated heterocycles. The first-order chi connectivity index (χ1) is 18.4. The van der Waals surface area contributed by atoms with Gasteiger partial charge in [-0.05, 0) is 36.8 Å². The molecule has 1 aromatic carbocycles. The number of rotatable bonds is 12. The molecular formula is C23H23ClF3N5O5S2. The number of methoxy groups -OCH3 is 1. The first kappa shape index (κ1) is 30.1. The summed E-state index contributed by atoms with van der Waals surface area (Å²) in [6.45, 7) is 0.224. The summed E-state index contributed by atoms with van der Waals surface area (Å²) in [4.78, 5) is 30.6. The maximum atomic E-state index is 12.7. The molecular weight excluding hydrogens is 583 g/mol. The highest BCUT2D eigenvalue weighted by Gasteiger charge is 2.31. The standard InChI is InChI=1S/C23H23ClF3N5O5S2/c1-37-18-6-3-2-5-16(18)22(34)30-13-15-8-9-20(38-15)39(35,36)32-31-19(33)7-4-10-28-21-17(24)11-14(12-29-21)23(25,26)27/h2-3,5-6,8-9,11-12,32H,4,7,10,13H2,1H3,(H,28,29)(H,30,34)(H,31,33). The van der Waals surface area contributed by atoms with Gasteiger partial charge in [0.05, 0.1) is 29.8 Å². The van der Waals surface area contributed by atoms with Gasteiger partial charge in [0.1, 0.15) is 15.8 Å². The Morgan fingerprint density at radius 1 is 1.15 bits per heavy atom. The Bertz CT molecular complexity index is 1430. The van der Waals surface area contributed by atoms with Crippen molar-refractivity contribution in [2.45, 2.75) is 29.8 Å². The van der Waals surface area contributed by atoms with Crippen LogP contribution >= 0.6 is 22.9 Å². The van der Waals surface area contributed by atoms with Crippen molar-refractivity contribution >= 4 is 50.6 Å². The highest BCUT2D eigenvalue weighted by molar-refractivity contribution is 7.91. The van der Waals surface area contributed by atoms with E-state index in [-0.39, 0.29) is 46.9 Å². The predicted molar refractivity (Wildman–Crippen MR) is 139 cm³/mol. The maximum Gasteiger partial charge on any atom is 0.417 e. The molecule has 0 saturated carbocycles. The summed E-state index contributed by atoms with van der Waals surface area (Å²) < 4.78 is 68.1. The molecule has 0 atom stereocenters. The number of para-hydroxylation sites is 1. The summed E-state index contributed by atoms with van der Waals surface area (Å²) in [5, 5.41) is 5.19. The minimum absolute atomic E-state index is 0.0263. The molecule has 2 aromatic heterocycles. The normalized spacial score (nSPS) is 11.6. The Kier molecular flexibility index (Phi) is 10.1. The number of anilines is 1. The van der Waals surface area contributed by atoms with Crippen LogP contribution in [0.25, 0.3) is 0 Å². The molecule has 0 aliphatic carbocycles. The lowest BCUT2D eigenvalue weighted by atomic mass is 10.2. The number of benzene rings is 1. The number of ether oxygens (including phenoxy) is 1. The van der Waals surface area contributed by atoms with Gasteiger partial charge in [0.25, 0.3) is 15.9 Å². The molecule has 0 radical (unpaired) electrons. The zero-order valence-electron chi connectivity index (χ0n) is 20.3. The third-order valence-electron chi connectivity index (χ3n) is 5.04. The van der Waals surface area contributed by atoms with Gasteiger partial charge in [-0.2, -0.15) is 13.2 Å². The van der Waals surface area contributed by atoms with Gasteiger partial charge in [-0.3, -0.25) is 15.0 Å². The molecule has 4 N–H and O–H groups in total. The molecule has 0 aliphatic heterocycles. The molecule has 0 aliphatic rings. The van der Waals surface area contributed by atoms with E-state index < -0.39 is 27.7 Å². The number of aromatic nitrogens is 1. The third kappa shape index (κ3) is 8.54. The molecule has 39 heavy (non-hydrogen) atoms. The number of pyridine rings is 1. The van der Waals surface area contributed by atoms with E-state index >= 15 is 0 Å². The monoisotopic (exact) mass is 605 g/mol. The number of thiophene rings is 1. The Labute approximate surface area is 230 Å². The topological polar surface area (TPSA) is 139 Å². The Balaban J connectivity index is 1.42. The first-order valence-electron chi connectivity index (χ1n) is 11.2. The largest absolute Gasteiger partial charge is 0.496 e. The van der Waals surface area contributed by atoms with E-state index in [0.717, 1.165) is 17.4 Å². The van der Waals surface area contributed by atoms with Crippen LogP contribution in [0.5, 0.6) is 5.75 Å². The second-order valence-corrected chi connectivity index (χ2v) is 11.3. The van der Waals surface area contributed by atoms with Gasteiger partial charge in [0.2, 0.25) is 5.91 Å². The van der Waals surface area contributed by atoms with Crippen molar-refractivity contribution < 1.29 is 35.9 Å². The number of amides is 2. The van der Waals surface area contributed by atoms with Crippen molar-refractivity contribution in [3.63, 3.8) is 0 Å². The van der Waals surface area contributed by atoms with Crippen LogP contribution in [0, 0.1) is 0 Å². The second-order valence-electron chi connectivity index (χ2n) is 7.84. The van der Waals surface area contributed by atoms with Crippen LogP contribution in [-0.2, 0) is 27.5 Å². The van der Waals surface area contributed by atoms with Crippen LogP contribution in [0.3, 0.4) is 0 Å². The van der Waals surface area contributed by atoms with Crippen molar-refractivity contribution in [2.24, 2.45) is 0 Å². The number of hydrogen-bond acceptors (Lipinski definition) is 8. The average molecular weight is 606 g/mol. The smallest absolute Gasteiger partial charge is 0.417 e. The predicted octanol–water partition coefficient (Wildman–Crippen LogP) is 3.96. The van der Waals surface area contributed by atoms with Crippen molar-refractivity contribution in [1.82, 2.24) is 20.6 Å². The van der Waals surface area contributed by atoms with Crippen LogP contribution in [0.15, 0.2) is 52.9 Å². The quantitative estimate of drug-likeness (QED) is 0.181. The van der Waals surface area contributed by atoms with Crippen molar-refractivity contribution in [3.8, 4) is 5.75 Å². The number of alkyl halides is 3. The number of nitrogens with zero attached hydrogens (tertiary/aromatic N) is 1. The van der Waals surface area contributed by atoms with Crippen LogP contribution in [0.4, 0.5) is 19.0 Å². The minimum Gasteiger partial charge on any atom is -0.496 e. The summed E-state index contributed by atoms with van der Waals surface area (Å²) in [5.74, 6) is -0.590. The Hall–Kier alpha value is -3.40. The molecule has 0 spiro atoms. The summed E-state index contributed by atoms with van der Waals surface area (Å²) in [6, 6.07) is 10.3. The highest BCUT2D eigenvalue weighted by Crippen LogP contribution is 2.32. The fraction of sp³-hybridized carbons (Fsp3) is 0.261. The molecule has 16 heteroatoms. The van der Waals surface area contributed by atoms with E-state index in [2.05, 4.69) is 21.0 Å². The van der Waals surface area contributed by atoms with E-state index in [4.69, 9.17) is 16.3 Å². The summed E-state index contributed by atoms with van der Waals surface area (Å²) in [6.07, 6.45) is -3.82. The van der Waals surface area contributed by atoms with Crippen LogP contribution in [-0.4, -0.2) is 38.9 Å². The molecule has 2 amide bonds. The van der Waals surface area contributed by atoms with Crippen molar-refractivity contribution in [2.75, 3.05) is 19.0 Å². The first-order valence-corrected chi connectivity index (χ1v) is 13.9. The number of hydrogen-bond donors (Lipinski definition) is 4. The fourth-order valence-corrected chi connectivity index (χ4v) is 5.50. The van der Waals surface area contributed by atoms with Gasteiger partial charge in [-0.25, -0.2) is 13.4 Å². The number of sulfonamides is 1. The maximum absolute atomic E-state index is 12.7. The molecule has 0 unspecified atom stereocenters. The van der Waals surface area contributed by atoms with E-state index in [9.17, 15) is 31.2 Å². The molecule has 0 fully saturated rings. The zero-order valence-corrected chi connectivity index (χ0v) is 22.7. The average Bonchev–Trinajstić information content (AvgIpc) is 3.39. The molecule has 2 heterocycles. The molecule has 3 aromatic rings.